The molecule has 3 aromatic heterocycles. The third-order valence-electron chi connectivity index (χ3n) is 4.46. The molecule has 0 spiro atoms. The van der Waals surface area contributed by atoms with Crippen molar-refractivity contribution in [3.63, 3.8) is 0 Å². The third-order valence-corrected chi connectivity index (χ3v) is 5.72. The highest BCUT2D eigenvalue weighted by molar-refractivity contribution is 7.19. The molecule has 3 N–H and O–H groups in total. The Labute approximate surface area is 155 Å². The smallest absolute Gasteiger partial charge is 0.146 e. The maximum atomic E-state index is 9.73. The van der Waals surface area contributed by atoms with E-state index in [9.17, 15) is 5.11 Å². The first-order chi connectivity index (χ1) is 12.4. The number of fused-ring (bicyclic) bond motifs is 1. The average molecular weight is 367 g/mol. The molecule has 26 heavy (non-hydrogen) atoms. The van der Waals surface area contributed by atoms with Gasteiger partial charge in [0.25, 0.3) is 0 Å². The number of methoxy groups -OCH3 is 1. The van der Waals surface area contributed by atoms with E-state index in [1.165, 1.54) is 5.56 Å². The molecule has 1 atom stereocenters. The molecule has 4 rings (SSSR count). The van der Waals surface area contributed by atoms with Crippen molar-refractivity contribution < 1.29 is 9.84 Å². The van der Waals surface area contributed by atoms with Gasteiger partial charge in [-0.25, -0.2) is 4.99 Å². The van der Waals surface area contributed by atoms with Crippen molar-refractivity contribution in [2.45, 2.75) is 26.9 Å². The van der Waals surface area contributed by atoms with Gasteiger partial charge in [-0.1, -0.05) is 0 Å². The van der Waals surface area contributed by atoms with Gasteiger partial charge in [0.15, 0.2) is 0 Å². The van der Waals surface area contributed by atoms with Gasteiger partial charge in [0.1, 0.15) is 11.5 Å². The Morgan fingerprint density at radius 2 is 2.04 bits per heavy atom. The zero-order valence-electron chi connectivity index (χ0n) is 15.2. The van der Waals surface area contributed by atoms with Crippen LogP contribution < -0.4 is 0 Å². The molecular formula is C20H21N3O2S. The summed E-state index contributed by atoms with van der Waals surface area (Å²) in [5.74, 6) is 0.745. The second kappa shape index (κ2) is 6.30. The van der Waals surface area contributed by atoms with E-state index < -0.39 is 6.10 Å². The zero-order chi connectivity index (χ0) is 18.4. The lowest BCUT2D eigenvalue weighted by Gasteiger charge is -2.01. The molecule has 1 aliphatic rings. The van der Waals surface area contributed by atoms with Gasteiger partial charge in [-0.2, -0.15) is 0 Å². The van der Waals surface area contributed by atoms with Gasteiger partial charge in [0.05, 0.1) is 34.8 Å². The lowest BCUT2D eigenvalue weighted by atomic mass is 10.2. The Morgan fingerprint density at radius 1 is 1.23 bits per heavy atom. The van der Waals surface area contributed by atoms with Crippen molar-refractivity contribution in [2.75, 3.05) is 7.11 Å². The number of aliphatic hydroxyl groups is 1. The summed E-state index contributed by atoms with van der Waals surface area (Å²) in [7, 11) is 1.66. The van der Waals surface area contributed by atoms with Crippen LogP contribution in [0.25, 0.3) is 16.3 Å². The number of hydrogen-bond donors (Lipinski definition) is 3. The van der Waals surface area contributed by atoms with E-state index >= 15 is 0 Å². The lowest BCUT2D eigenvalue weighted by molar-refractivity contribution is 0.203. The molecule has 0 fully saturated rings. The van der Waals surface area contributed by atoms with Crippen LogP contribution in [0.1, 0.15) is 40.6 Å². The number of allylic oxidation sites excluding steroid dienone is 1. The molecule has 0 bridgehead atoms. The van der Waals surface area contributed by atoms with E-state index in [2.05, 4.69) is 29.0 Å². The minimum Gasteiger partial charge on any atom is -0.494 e. The summed E-state index contributed by atoms with van der Waals surface area (Å²) in [4.78, 5) is 12.4. The molecule has 1 aliphatic heterocycles. The highest BCUT2D eigenvalue weighted by atomic mass is 32.1. The fourth-order valence-corrected chi connectivity index (χ4v) is 4.14. The van der Waals surface area contributed by atoms with E-state index in [0.717, 1.165) is 49.3 Å². The summed E-state index contributed by atoms with van der Waals surface area (Å²) in [6.45, 7) is 5.89. The summed E-state index contributed by atoms with van der Waals surface area (Å²) in [6.07, 6.45) is 3.51. The molecule has 0 saturated carbocycles. The summed E-state index contributed by atoms with van der Waals surface area (Å²) < 4.78 is 6.63. The first-order valence-corrected chi connectivity index (χ1v) is 9.30. The predicted octanol–water partition coefficient (Wildman–Crippen LogP) is 4.60. The minimum atomic E-state index is -0.449. The van der Waals surface area contributed by atoms with Crippen molar-refractivity contribution >= 4 is 33.3 Å². The normalized spacial score (nSPS) is 17.0. The van der Waals surface area contributed by atoms with Gasteiger partial charge in [0, 0.05) is 22.3 Å². The molecule has 6 heteroatoms. The van der Waals surface area contributed by atoms with Crippen LogP contribution in [0.15, 0.2) is 40.7 Å². The van der Waals surface area contributed by atoms with Gasteiger partial charge in [0.2, 0.25) is 0 Å². The number of nitrogens with one attached hydrogen (secondary N) is 2. The van der Waals surface area contributed by atoms with Crippen LogP contribution in [-0.2, 0) is 4.74 Å². The van der Waals surface area contributed by atoms with E-state index in [1.807, 2.05) is 25.1 Å². The second-order valence-corrected chi connectivity index (χ2v) is 7.69. The van der Waals surface area contributed by atoms with Crippen molar-refractivity contribution in [2.24, 2.45) is 4.99 Å². The van der Waals surface area contributed by atoms with Crippen LogP contribution in [0.3, 0.4) is 0 Å². The monoisotopic (exact) mass is 367 g/mol. The number of aryl methyl sites for hydroxylation is 2. The van der Waals surface area contributed by atoms with E-state index in [4.69, 9.17) is 9.73 Å². The number of aromatic amines is 2. The first kappa shape index (κ1) is 16.9. The van der Waals surface area contributed by atoms with Gasteiger partial charge >= 0.3 is 0 Å². The van der Waals surface area contributed by atoms with Crippen molar-refractivity contribution in [3.05, 3.63) is 63.3 Å². The Bertz CT molecular complexity index is 1040. The van der Waals surface area contributed by atoms with E-state index in [-0.39, 0.29) is 0 Å². The molecule has 0 saturated heterocycles. The highest BCUT2D eigenvalue weighted by Gasteiger charge is 2.19. The van der Waals surface area contributed by atoms with Crippen molar-refractivity contribution in [1.29, 1.82) is 0 Å². The molecule has 0 radical (unpaired) electrons. The van der Waals surface area contributed by atoms with Gasteiger partial charge < -0.3 is 19.8 Å². The number of hydrogen-bond acceptors (Lipinski definition) is 4. The molecule has 3 aromatic rings. The number of nitrogens with zero attached hydrogens (tertiary/aromatic N) is 1. The van der Waals surface area contributed by atoms with Crippen molar-refractivity contribution in [1.82, 2.24) is 9.97 Å². The summed E-state index contributed by atoms with van der Waals surface area (Å²) in [6, 6.07) is 6.18. The minimum absolute atomic E-state index is 0.449. The number of rotatable bonds is 4. The van der Waals surface area contributed by atoms with Gasteiger partial charge in [-0.05, 0) is 50.6 Å². The molecule has 1 unspecified atom stereocenters. The summed E-state index contributed by atoms with van der Waals surface area (Å²) in [5.41, 5.74) is 6.95. The highest BCUT2D eigenvalue weighted by Crippen LogP contribution is 2.32. The third kappa shape index (κ3) is 2.91. The number of H-pyrrole nitrogens is 2. The summed E-state index contributed by atoms with van der Waals surface area (Å²) >= 11 is 1.59. The van der Waals surface area contributed by atoms with Crippen LogP contribution in [0.2, 0.25) is 0 Å². The molecular weight excluding hydrogens is 346 g/mol. The number of aromatic nitrogens is 2. The Morgan fingerprint density at radius 3 is 2.65 bits per heavy atom. The quantitative estimate of drug-likeness (QED) is 0.630. The molecule has 4 heterocycles. The molecule has 5 nitrogen and oxygen atoms in total. The molecule has 0 aromatic carbocycles. The Kier molecular flexibility index (Phi) is 4.09. The number of thiophene rings is 1. The largest absolute Gasteiger partial charge is 0.494 e. The van der Waals surface area contributed by atoms with E-state index in [0.29, 0.717) is 0 Å². The number of aliphatic hydroxyl groups excluding tert-OH is 1. The van der Waals surface area contributed by atoms with Crippen LogP contribution in [0, 0.1) is 13.8 Å². The molecule has 0 amide bonds. The van der Waals surface area contributed by atoms with Crippen LogP contribution in [0.4, 0.5) is 0 Å². The average Bonchev–Trinajstić information content (AvgIpc) is 3.30. The Hall–Kier alpha value is -2.57. The zero-order valence-corrected chi connectivity index (χ0v) is 16.0. The van der Waals surface area contributed by atoms with Crippen LogP contribution in [0.5, 0.6) is 0 Å². The van der Waals surface area contributed by atoms with Gasteiger partial charge in [-0.3, -0.25) is 0 Å². The number of ether oxygens (including phenoxy) is 1. The topological polar surface area (TPSA) is 73.4 Å². The fraction of sp³-hybridized carbons (Fsp3) is 0.250. The maximum absolute atomic E-state index is 9.73. The van der Waals surface area contributed by atoms with Crippen LogP contribution in [-0.4, -0.2) is 27.9 Å². The van der Waals surface area contributed by atoms with Gasteiger partial charge in [-0.15, -0.1) is 11.3 Å². The standard InChI is InChI=1S/C20H21N3O2S/c1-10-5-11(2)21-13(10)6-16-18(25-4)7-14(22-16)15-8-20-17(23-15)9-19(26-20)12(3)24/h5-9,12,21,23-24H,1-4H3/b16-6-. The SMILES string of the molecule is COC1=CC(c2cc3sc(C(C)O)cc3[nH]2)=N/C1=C\c1[nH]c(C)cc1C. The fourth-order valence-electron chi connectivity index (χ4n) is 3.14. The van der Waals surface area contributed by atoms with Crippen LogP contribution >= 0.6 is 11.3 Å². The summed E-state index contributed by atoms with van der Waals surface area (Å²) in [5, 5.41) is 9.73. The van der Waals surface area contributed by atoms with Crippen molar-refractivity contribution in [3.8, 4) is 0 Å². The Balaban J connectivity index is 1.71. The molecule has 134 valence electrons. The maximum Gasteiger partial charge on any atom is 0.146 e. The number of aliphatic imine (C=N–C) groups is 1. The predicted molar refractivity (Wildman–Crippen MR) is 107 cm³/mol. The first-order valence-electron chi connectivity index (χ1n) is 8.48. The lowest BCUT2D eigenvalue weighted by Crippen LogP contribution is -1.93. The molecule has 0 aliphatic carbocycles. The second-order valence-electron chi connectivity index (χ2n) is 6.57. The van der Waals surface area contributed by atoms with E-state index in [1.54, 1.807) is 25.4 Å².